The average molecular weight is 455 g/mol. The molecule has 1 heterocycles. The smallest absolute Gasteiger partial charge is 0.269 e. The Bertz CT molecular complexity index is 1340. The van der Waals surface area contributed by atoms with Crippen molar-refractivity contribution in [1.82, 2.24) is 9.78 Å². The van der Waals surface area contributed by atoms with Crippen molar-refractivity contribution in [2.75, 3.05) is 5.32 Å². The summed E-state index contributed by atoms with van der Waals surface area (Å²) in [6.45, 7) is 1.59. The molecule has 10 nitrogen and oxygen atoms in total. The van der Waals surface area contributed by atoms with E-state index in [0.29, 0.717) is 35.5 Å². The molecule has 7 N–H and O–H groups in total. The van der Waals surface area contributed by atoms with Gasteiger partial charge in [0.05, 0.1) is 22.3 Å². The third-order valence-electron chi connectivity index (χ3n) is 5.32. The number of amides is 2. The van der Waals surface area contributed by atoms with Gasteiger partial charge in [0.1, 0.15) is 0 Å². The Hall–Kier alpha value is -3.54. The molecule has 1 atom stereocenters. The molecule has 2 amide bonds. The summed E-state index contributed by atoms with van der Waals surface area (Å²) in [5, 5.41) is 12.4. The highest BCUT2D eigenvalue weighted by atomic mass is 32.2. The van der Waals surface area contributed by atoms with E-state index in [1.807, 2.05) is 6.07 Å². The summed E-state index contributed by atoms with van der Waals surface area (Å²) in [5.74, 6) is -0.989. The predicted octanol–water partition coefficient (Wildman–Crippen LogP) is 0.670. The molecule has 0 saturated carbocycles. The van der Waals surface area contributed by atoms with Crippen molar-refractivity contribution in [3.8, 4) is 16.9 Å². The number of hydrogen-bond acceptors (Lipinski definition) is 6. The molecule has 3 aromatic rings. The standard InChI is InChI=1S/C21H22N6O4S/c1-11(22)21(29)25-13-4-2-12-3-9-16-18(20(23)28)26-27(19(16)17(12)10-13)14-5-7-15(8-6-14)32(24,30)31/h2,4-8,10-11H,3,9,22H2,1H3,(H2,23,28)(H,25,29)(H2,24,30,31)/t11-/m0/s1. The SMILES string of the molecule is C[C@H](N)C(=O)Nc1ccc2c(c1)-c1c(c(C(N)=O)nn1-c1ccc(S(N)(=O)=O)cc1)CC2. The van der Waals surface area contributed by atoms with E-state index in [9.17, 15) is 18.0 Å². The number of hydrogen-bond donors (Lipinski definition) is 4. The van der Waals surface area contributed by atoms with Crippen LogP contribution >= 0.6 is 0 Å². The van der Waals surface area contributed by atoms with Gasteiger partial charge in [-0.15, -0.1) is 0 Å². The van der Waals surface area contributed by atoms with E-state index in [-0.39, 0.29) is 16.5 Å². The lowest BCUT2D eigenvalue weighted by Crippen LogP contribution is -2.32. The molecule has 4 rings (SSSR count). The van der Waals surface area contributed by atoms with Gasteiger partial charge in [0, 0.05) is 16.8 Å². The van der Waals surface area contributed by atoms with Crippen LogP contribution < -0.4 is 21.9 Å². The molecule has 1 aliphatic rings. The number of nitrogens with one attached hydrogen (secondary N) is 1. The molecule has 0 aliphatic heterocycles. The van der Waals surface area contributed by atoms with Gasteiger partial charge in [-0.1, -0.05) is 6.07 Å². The maximum absolute atomic E-state index is 12.1. The molecule has 0 fully saturated rings. The van der Waals surface area contributed by atoms with Crippen molar-refractivity contribution in [2.45, 2.75) is 30.7 Å². The molecule has 0 radical (unpaired) electrons. The summed E-state index contributed by atoms with van der Waals surface area (Å²) in [5.41, 5.74) is 15.6. The second kappa shape index (κ2) is 7.86. The van der Waals surface area contributed by atoms with Crippen molar-refractivity contribution in [3.05, 3.63) is 59.3 Å². The molecule has 2 aromatic carbocycles. The first kappa shape index (κ1) is 21.7. The van der Waals surface area contributed by atoms with E-state index in [4.69, 9.17) is 16.6 Å². The average Bonchev–Trinajstić information content (AvgIpc) is 3.13. The van der Waals surface area contributed by atoms with Crippen molar-refractivity contribution < 1.29 is 18.0 Å². The normalized spacial score (nSPS) is 13.7. The van der Waals surface area contributed by atoms with Gasteiger partial charge in [0.2, 0.25) is 15.9 Å². The van der Waals surface area contributed by atoms with E-state index in [2.05, 4.69) is 10.4 Å². The van der Waals surface area contributed by atoms with E-state index in [1.54, 1.807) is 35.9 Å². The number of benzene rings is 2. The summed E-state index contributed by atoms with van der Waals surface area (Å²) >= 11 is 0. The quantitative estimate of drug-likeness (QED) is 0.440. The van der Waals surface area contributed by atoms with Crippen molar-refractivity contribution in [1.29, 1.82) is 0 Å². The van der Waals surface area contributed by atoms with Crippen LogP contribution in [0.3, 0.4) is 0 Å². The van der Waals surface area contributed by atoms with Gasteiger partial charge in [-0.2, -0.15) is 5.10 Å². The molecule has 11 heteroatoms. The van der Waals surface area contributed by atoms with Crippen LogP contribution in [0.15, 0.2) is 47.4 Å². The van der Waals surface area contributed by atoms with Crippen LogP contribution in [0.4, 0.5) is 5.69 Å². The fourth-order valence-corrected chi connectivity index (χ4v) is 4.25. The Morgan fingerprint density at radius 2 is 1.81 bits per heavy atom. The van der Waals surface area contributed by atoms with Crippen LogP contribution in [0.5, 0.6) is 0 Å². The van der Waals surface area contributed by atoms with Crippen LogP contribution in [-0.4, -0.2) is 36.1 Å². The first-order valence-electron chi connectivity index (χ1n) is 9.81. The number of aryl methyl sites for hydroxylation is 1. The minimum atomic E-state index is -3.85. The van der Waals surface area contributed by atoms with Gasteiger partial charge in [-0.3, -0.25) is 9.59 Å². The number of carbonyl (C=O) groups excluding carboxylic acids is 2. The molecule has 0 bridgehead atoms. The van der Waals surface area contributed by atoms with Crippen LogP contribution in [0.1, 0.15) is 28.5 Å². The minimum Gasteiger partial charge on any atom is -0.364 e. The van der Waals surface area contributed by atoms with Crippen molar-refractivity contribution >= 4 is 27.5 Å². The number of carbonyl (C=O) groups is 2. The largest absolute Gasteiger partial charge is 0.364 e. The van der Waals surface area contributed by atoms with Gasteiger partial charge >= 0.3 is 0 Å². The summed E-state index contributed by atoms with van der Waals surface area (Å²) in [6, 6.07) is 10.7. The fourth-order valence-electron chi connectivity index (χ4n) is 3.73. The monoisotopic (exact) mass is 454 g/mol. The lowest BCUT2D eigenvalue weighted by atomic mass is 9.88. The Kier molecular flexibility index (Phi) is 5.33. The first-order valence-corrected chi connectivity index (χ1v) is 11.4. The molecule has 32 heavy (non-hydrogen) atoms. The number of rotatable bonds is 5. The Morgan fingerprint density at radius 3 is 2.41 bits per heavy atom. The Balaban J connectivity index is 1.88. The number of nitrogens with zero attached hydrogens (tertiary/aromatic N) is 2. The number of sulfonamides is 1. The maximum Gasteiger partial charge on any atom is 0.269 e. The van der Waals surface area contributed by atoms with E-state index < -0.39 is 22.0 Å². The third-order valence-corrected chi connectivity index (χ3v) is 6.25. The van der Waals surface area contributed by atoms with Crippen molar-refractivity contribution in [2.24, 2.45) is 16.6 Å². The van der Waals surface area contributed by atoms with E-state index >= 15 is 0 Å². The first-order chi connectivity index (χ1) is 15.1. The maximum atomic E-state index is 12.1. The zero-order valence-corrected chi connectivity index (χ0v) is 18.0. The lowest BCUT2D eigenvalue weighted by Gasteiger charge is -2.20. The summed E-state index contributed by atoms with van der Waals surface area (Å²) in [6.07, 6.45) is 1.22. The highest BCUT2D eigenvalue weighted by molar-refractivity contribution is 7.89. The van der Waals surface area contributed by atoms with E-state index in [0.717, 1.165) is 11.1 Å². The van der Waals surface area contributed by atoms with Crippen molar-refractivity contribution in [3.63, 3.8) is 0 Å². The highest BCUT2D eigenvalue weighted by Gasteiger charge is 2.28. The van der Waals surface area contributed by atoms with Crippen LogP contribution in [0.2, 0.25) is 0 Å². The number of primary sulfonamides is 1. The topological polar surface area (TPSA) is 176 Å². The molecule has 1 aliphatic carbocycles. The molecular weight excluding hydrogens is 432 g/mol. The number of anilines is 1. The Morgan fingerprint density at radius 1 is 1.12 bits per heavy atom. The number of primary amides is 1. The summed E-state index contributed by atoms with van der Waals surface area (Å²) < 4.78 is 24.7. The molecule has 166 valence electrons. The second-order valence-electron chi connectivity index (χ2n) is 7.64. The van der Waals surface area contributed by atoms with Gasteiger partial charge in [0.15, 0.2) is 5.69 Å². The molecule has 0 unspecified atom stereocenters. The molecule has 0 saturated heterocycles. The third kappa shape index (κ3) is 3.88. The van der Waals surface area contributed by atoms with E-state index in [1.165, 1.54) is 12.1 Å². The van der Waals surface area contributed by atoms with Crippen LogP contribution in [-0.2, 0) is 27.7 Å². The molecular formula is C21H22N6O4S. The zero-order chi connectivity index (χ0) is 23.2. The second-order valence-corrected chi connectivity index (χ2v) is 9.20. The fraction of sp³-hybridized carbons (Fsp3) is 0.190. The van der Waals surface area contributed by atoms with Gasteiger partial charge in [0.25, 0.3) is 5.91 Å². The summed E-state index contributed by atoms with van der Waals surface area (Å²) in [7, 11) is -3.85. The lowest BCUT2D eigenvalue weighted by molar-refractivity contribution is -0.117. The highest BCUT2D eigenvalue weighted by Crippen LogP contribution is 2.38. The number of aromatic nitrogens is 2. The zero-order valence-electron chi connectivity index (χ0n) is 17.2. The summed E-state index contributed by atoms with van der Waals surface area (Å²) in [4.78, 5) is 24.1. The van der Waals surface area contributed by atoms with Crippen LogP contribution in [0.25, 0.3) is 16.9 Å². The number of nitrogens with two attached hydrogens (primary N) is 3. The Labute approximate surface area is 184 Å². The predicted molar refractivity (Wildman–Crippen MR) is 119 cm³/mol. The van der Waals surface area contributed by atoms with Gasteiger partial charge in [-0.05, 0) is 61.7 Å². The van der Waals surface area contributed by atoms with Crippen LogP contribution in [0, 0.1) is 0 Å². The molecule has 1 aromatic heterocycles. The minimum absolute atomic E-state index is 0.0429. The molecule has 0 spiro atoms. The van der Waals surface area contributed by atoms with Gasteiger partial charge in [-0.25, -0.2) is 18.2 Å². The van der Waals surface area contributed by atoms with Gasteiger partial charge < -0.3 is 16.8 Å². The number of fused-ring (bicyclic) bond motifs is 3.